The number of Topliss-reactive ketones (excluding diaryl/α,β-unsaturated/α-hetero) is 1. The van der Waals surface area contributed by atoms with Crippen LogP contribution in [-0.2, 0) is 0 Å². The van der Waals surface area contributed by atoms with Crippen molar-refractivity contribution in [1.29, 1.82) is 0 Å². The number of hydrogen-bond donors (Lipinski definition) is 0. The van der Waals surface area contributed by atoms with Gasteiger partial charge in [0.2, 0.25) is 0 Å². The topological polar surface area (TPSA) is 44.0 Å². The summed E-state index contributed by atoms with van der Waals surface area (Å²) in [5, 5.41) is 11.8. The summed E-state index contributed by atoms with van der Waals surface area (Å²) < 4.78 is 13.4. The third kappa shape index (κ3) is 3.07. The summed E-state index contributed by atoms with van der Waals surface area (Å²) in [7, 11) is 0. The molecular weight excluding hydrogens is 253 g/mol. The summed E-state index contributed by atoms with van der Waals surface area (Å²) in [5.41, 5.74) is 0.442. The van der Waals surface area contributed by atoms with Crippen LogP contribution in [0.1, 0.15) is 10.4 Å². The van der Waals surface area contributed by atoms with Gasteiger partial charge in [-0.15, -0.1) is 0 Å². The van der Waals surface area contributed by atoms with Crippen molar-refractivity contribution in [2.45, 2.75) is 5.03 Å². The molecule has 0 saturated carbocycles. The van der Waals surface area contributed by atoms with Gasteiger partial charge in [0.1, 0.15) is 5.82 Å². The maximum atomic E-state index is 12.7. The van der Waals surface area contributed by atoms with E-state index < -0.39 is 0 Å². The maximum absolute atomic E-state index is 12.7. The molecule has 0 atom stereocenters. The van der Waals surface area contributed by atoms with Crippen LogP contribution >= 0.6 is 11.8 Å². The largest absolute Gasteiger partial charge is 0.618 e. The van der Waals surface area contributed by atoms with Crippen LogP contribution < -0.4 is 4.73 Å². The van der Waals surface area contributed by atoms with Crippen molar-refractivity contribution in [1.82, 2.24) is 0 Å². The molecule has 5 heteroatoms. The first kappa shape index (κ1) is 12.6. The molecule has 2 rings (SSSR count). The second kappa shape index (κ2) is 5.64. The van der Waals surface area contributed by atoms with E-state index >= 15 is 0 Å². The molecule has 0 radical (unpaired) electrons. The van der Waals surface area contributed by atoms with Crippen molar-refractivity contribution in [3.8, 4) is 0 Å². The molecule has 0 bridgehead atoms. The average molecular weight is 263 g/mol. The van der Waals surface area contributed by atoms with E-state index in [-0.39, 0.29) is 17.4 Å². The molecule has 0 aliphatic carbocycles. The minimum absolute atomic E-state index is 0.135. The van der Waals surface area contributed by atoms with Gasteiger partial charge in [0, 0.05) is 17.7 Å². The summed E-state index contributed by atoms with van der Waals surface area (Å²) in [6.45, 7) is 0. The van der Waals surface area contributed by atoms with E-state index in [2.05, 4.69) is 0 Å². The SMILES string of the molecule is O=C(CSc1cccc[n+]1[O-])c1ccc(F)cc1. The highest BCUT2D eigenvalue weighted by Gasteiger charge is 2.10. The highest BCUT2D eigenvalue weighted by atomic mass is 32.2. The first-order valence-corrected chi connectivity index (χ1v) is 6.25. The highest BCUT2D eigenvalue weighted by molar-refractivity contribution is 7.99. The second-order valence-electron chi connectivity index (χ2n) is 3.58. The van der Waals surface area contributed by atoms with Crippen molar-refractivity contribution in [2.24, 2.45) is 0 Å². The Morgan fingerprint density at radius 3 is 2.61 bits per heavy atom. The van der Waals surface area contributed by atoms with Gasteiger partial charge in [0.25, 0.3) is 5.03 Å². The quantitative estimate of drug-likeness (QED) is 0.368. The molecule has 1 heterocycles. The predicted molar refractivity (Wildman–Crippen MR) is 66.9 cm³/mol. The fourth-order valence-corrected chi connectivity index (χ4v) is 2.19. The molecule has 0 aliphatic rings. The molecule has 0 aliphatic heterocycles. The Balaban J connectivity index is 2.01. The zero-order chi connectivity index (χ0) is 13.0. The van der Waals surface area contributed by atoms with Crippen LogP contribution in [0.3, 0.4) is 0 Å². The van der Waals surface area contributed by atoms with Crippen LogP contribution in [-0.4, -0.2) is 11.5 Å². The van der Waals surface area contributed by atoms with E-state index in [0.717, 1.165) is 11.8 Å². The third-order valence-corrected chi connectivity index (χ3v) is 3.32. The number of carbonyl (C=O) groups excluding carboxylic acids is 1. The number of ketones is 1. The van der Waals surface area contributed by atoms with E-state index in [4.69, 9.17) is 0 Å². The van der Waals surface area contributed by atoms with Crippen molar-refractivity contribution >= 4 is 17.5 Å². The lowest BCUT2D eigenvalue weighted by Gasteiger charge is -2.03. The zero-order valence-corrected chi connectivity index (χ0v) is 10.2. The van der Waals surface area contributed by atoms with Crippen LogP contribution in [0.15, 0.2) is 53.7 Å². The minimum Gasteiger partial charge on any atom is -0.618 e. The van der Waals surface area contributed by atoms with Crippen molar-refractivity contribution < 1.29 is 13.9 Å². The van der Waals surface area contributed by atoms with Crippen LogP contribution in [0, 0.1) is 11.0 Å². The third-order valence-electron chi connectivity index (χ3n) is 2.31. The first-order chi connectivity index (χ1) is 8.66. The lowest BCUT2D eigenvalue weighted by atomic mass is 10.1. The van der Waals surface area contributed by atoms with Crippen LogP contribution in [0.5, 0.6) is 0 Å². The van der Waals surface area contributed by atoms with E-state index in [1.165, 1.54) is 30.5 Å². The van der Waals surface area contributed by atoms with Crippen LogP contribution in [0.25, 0.3) is 0 Å². The van der Waals surface area contributed by atoms with Crippen LogP contribution in [0.4, 0.5) is 4.39 Å². The smallest absolute Gasteiger partial charge is 0.251 e. The normalized spacial score (nSPS) is 10.3. The molecular formula is C13H10FNO2S. The number of thioether (sulfide) groups is 1. The molecule has 3 nitrogen and oxygen atoms in total. The molecule has 2 aromatic rings. The van der Waals surface area contributed by atoms with Gasteiger partial charge in [0.15, 0.2) is 12.0 Å². The molecule has 1 aromatic heterocycles. The van der Waals surface area contributed by atoms with Gasteiger partial charge >= 0.3 is 0 Å². The predicted octanol–water partition coefficient (Wildman–Crippen LogP) is 2.43. The number of benzene rings is 1. The van der Waals surface area contributed by atoms with Gasteiger partial charge in [-0.05, 0) is 42.1 Å². The maximum Gasteiger partial charge on any atom is 0.251 e. The van der Waals surface area contributed by atoms with Crippen molar-refractivity contribution in [3.63, 3.8) is 0 Å². The zero-order valence-electron chi connectivity index (χ0n) is 9.38. The molecule has 0 N–H and O–H groups in total. The Hall–Kier alpha value is -1.88. The summed E-state index contributed by atoms with van der Waals surface area (Å²) in [6, 6.07) is 10.4. The monoisotopic (exact) mass is 263 g/mol. The summed E-state index contributed by atoms with van der Waals surface area (Å²) in [5.74, 6) is -0.360. The minimum atomic E-state index is -0.375. The van der Waals surface area contributed by atoms with Crippen molar-refractivity contribution in [3.05, 3.63) is 65.2 Å². The molecule has 18 heavy (non-hydrogen) atoms. The Morgan fingerprint density at radius 1 is 1.22 bits per heavy atom. The van der Waals surface area contributed by atoms with E-state index in [9.17, 15) is 14.4 Å². The molecule has 1 aromatic carbocycles. The number of pyridine rings is 1. The van der Waals surface area contributed by atoms with Gasteiger partial charge in [-0.25, -0.2) is 4.39 Å². The lowest BCUT2D eigenvalue weighted by Crippen LogP contribution is -2.28. The number of rotatable bonds is 4. The molecule has 0 unspecified atom stereocenters. The van der Waals surface area contributed by atoms with E-state index in [0.29, 0.717) is 15.3 Å². The Morgan fingerprint density at radius 2 is 1.94 bits per heavy atom. The fraction of sp³-hybridized carbons (Fsp3) is 0.0769. The summed E-state index contributed by atoms with van der Waals surface area (Å²) >= 11 is 1.16. The second-order valence-corrected chi connectivity index (χ2v) is 4.58. The number of hydrogen-bond acceptors (Lipinski definition) is 3. The van der Waals surface area contributed by atoms with Gasteiger partial charge in [-0.2, -0.15) is 4.73 Å². The Bertz CT molecular complexity index is 557. The Kier molecular flexibility index (Phi) is 3.94. The highest BCUT2D eigenvalue weighted by Crippen LogP contribution is 2.15. The van der Waals surface area contributed by atoms with E-state index in [1.54, 1.807) is 18.2 Å². The standard InChI is InChI=1S/C13H10FNO2S/c14-11-6-4-10(5-7-11)12(16)9-18-13-3-1-2-8-15(13)17/h1-8H,9H2. The molecule has 0 saturated heterocycles. The fourth-order valence-electron chi connectivity index (χ4n) is 1.38. The number of halogens is 1. The van der Waals surface area contributed by atoms with Crippen molar-refractivity contribution in [2.75, 3.05) is 5.75 Å². The molecule has 0 spiro atoms. The molecule has 0 fully saturated rings. The Labute approximate surface area is 108 Å². The molecule has 92 valence electrons. The lowest BCUT2D eigenvalue weighted by molar-refractivity contribution is -0.645. The van der Waals surface area contributed by atoms with Gasteiger partial charge < -0.3 is 5.21 Å². The summed E-state index contributed by atoms with van der Waals surface area (Å²) in [4.78, 5) is 11.8. The first-order valence-electron chi connectivity index (χ1n) is 5.26. The molecule has 0 amide bonds. The summed E-state index contributed by atoms with van der Waals surface area (Å²) in [6.07, 6.45) is 1.38. The number of aromatic nitrogens is 1. The average Bonchev–Trinajstić information content (AvgIpc) is 2.38. The van der Waals surface area contributed by atoms with Gasteiger partial charge in [-0.1, -0.05) is 0 Å². The van der Waals surface area contributed by atoms with Gasteiger partial charge in [0.05, 0.1) is 5.75 Å². The van der Waals surface area contributed by atoms with E-state index in [1.807, 2.05) is 0 Å². The van der Waals surface area contributed by atoms with Crippen LogP contribution in [0.2, 0.25) is 0 Å². The van der Waals surface area contributed by atoms with Gasteiger partial charge in [-0.3, -0.25) is 4.79 Å². The number of nitrogens with zero attached hydrogens (tertiary/aromatic N) is 1. The number of carbonyl (C=O) groups is 1.